The van der Waals surface area contributed by atoms with E-state index >= 15 is 0 Å². The summed E-state index contributed by atoms with van der Waals surface area (Å²) < 4.78 is 1.64. The lowest BCUT2D eigenvalue weighted by molar-refractivity contribution is -0.119. The number of amides is 2. The van der Waals surface area contributed by atoms with Gasteiger partial charge in [-0.25, -0.2) is 0 Å². The quantitative estimate of drug-likeness (QED) is 0.746. The van der Waals surface area contributed by atoms with Crippen molar-refractivity contribution in [1.29, 1.82) is 0 Å². The molecule has 0 aliphatic rings. The summed E-state index contributed by atoms with van der Waals surface area (Å²) >= 11 is 0. The SMILES string of the molecule is C=CC(=O)NCCC(=O)N(CC)c1cnn(C)c1. The first kappa shape index (κ1) is 14.0. The van der Waals surface area contributed by atoms with Crippen LogP contribution >= 0.6 is 0 Å². The number of carbonyl (C=O) groups excluding carboxylic acids is 2. The number of nitrogens with zero attached hydrogens (tertiary/aromatic N) is 3. The Morgan fingerprint density at radius 3 is 2.83 bits per heavy atom. The zero-order chi connectivity index (χ0) is 13.5. The van der Waals surface area contributed by atoms with Gasteiger partial charge in [0.2, 0.25) is 11.8 Å². The Labute approximate surface area is 106 Å². The minimum Gasteiger partial charge on any atom is -0.352 e. The molecule has 0 aliphatic heterocycles. The van der Waals surface area contributed by atoms with Gasteiger partial charge in [-0.1, -0.05) is 6.58 Å². The van der Waals surface area contributed by atoms with Crippen molar-refractivity contribution >= 4 is 17.5 Å². The highest BCUT2D eigenvalue weighted by Crippen LogP contribution is 2.12. The first-order valence-corrected chi connectivity index (χ1v) is 5.77. The van der Waals surface area contributed by atoms with Crippen molar-refractivity contribution in [3.63, 3.8) is 0 Å². The zero-order valence-corrected chi connectivity index (χ0v) is 10.7. The molecule has 1 heterocycles. The smallest absolute Gasteiger partial charge is 0.243 e. The van der Waals surface area contributed by atoms with Crippen LogP contribution in [-0.4, -0.2) is 34.7 Å². The van der Waals surface area contributed by atoms with Crippen LogP contribution in [0.15, 0.2) is 25.0 Å². The standard InChI is InChI=1S/C12H18N4O2/c1-4-11(17)13-7-6-12(18)16(5-2)10-8-14-15(3)9-10/h4,8-9H,1,5-7H2,2-3H3,(H,13,17). The highest BCUT2D eigenvalue weighted by atomic mass is 16.2. The van der Waals surface area contributed by atoms with E-state index in [0.29, 0.717) is 13.1 Å². The third-order valence-electron chi connectivity index (χ3n) is 2.44. The summed E-state index contributed by atoms with van der Waals surface area (Å²) in [5, 5.41) is 6.60. The van der Waals surface area contributed by atoms with Gasteiger partial charge >= 0.3 is 0 Å². The molecule has 0 aliphatic carbocycles. The van der Waals surface area contributed by atoms with Crippen molar-refractivity contribution in [3.05, 3.63) is 25.0 Å². The third kappa shape index (κ3) is 3.73. The second kappa shape index (κ2) is 6.58. The topological polar surface area (TPSA) is 67.2 Å². The lowest BCUT2D eigenvalue weighted by Gasteiger charge is -2.18. The molecular formula is C12H18N4O2. The van der Waals surface area contributed by atoms with E-state index < -0.39 is 0 Å². The van der Waals surface area contributed by atoms with Crippen LogP contribution in [0.4, 0.5) is 5.69 Å². The normalized spacial score (nSPS) is 9.89. The van der Waals surface area contributed by atoms with Gasteiger partial charge < -0.3 is 10.2 Å². The van der Waals surface area contributed by atoms with Crippen molar-refractivity contribution in [2.75, 3.05) is 18.0 Å². The molecule has 0 fully saturated rings. The molecule has 0 saturated heterocycles. The molecule has 0 bridgehead atoms. The minimum absolute atomic E-state index is 0.0464. The van der Waals surface area contributed by atoms with E-state index in [-0.39, 0.29) is 18.2 Å². The van der Waals surface area contributed by atoms with Gasteiger partial charge in [0, 0.05) is 32.8 Å². The Morgan fingerprint density at radius 1 is 1.61 bits per heavy atom. The average Bonchev–Trinajstić information content (AvgIpc) is 2.76. The lowest BCUT2D eigenvalue weighted by atomic mass is 10.3. The van der Waals surface area contributed by atoms with E-state index in [1.165, 1.54) is 6.08 Å². The van der Waals surface area contributed by atoms with Crippen molar-refractivity contribution < 1.29 is 9.59 Å². The largest absolute Gasteiger partial charge is 0.352 e. The fraction of sp³-hybridized carbons (Fsp3) is 0.417. The maximum Gasteiger partial charge on any atom is 0.243 e. The van der Waals surface area contributed by atoms with E-state index in [1.54, 1.807) is 29.0 Å². The van der Waals surface area contributed by atoms with Crippen LogP contribution in [-0.2, 0) is 16.6 Å². The highest BCUT2D eigenvalue weighted by Gasteiger charge is 2.14. The first-order chi connectivity index (χ1) is 8.58. The Kier molecular flexibility index (Phi) is 5.10. The van der Waals surface area contributed by atoms with Crippen LogP contribution in [0, 0.1) is 0 Å². The molecule has 1 aromatic rings. The molecule has 1 aromatic heterocycles. The molecule has 18 heavy (non-hydrogen) atoms. The molecule has 0 spiro atoms. The second-order valence-corrected chi connectivity index (χ2v) is 3.76. The number of hydrogen-bond donors (Lipinski definition) is 1. The van der Waals surface area contributed by atoms with Gasteiger partial charge in [0.15, 0.2) is 0 Å². The molecule has 6 heteroatoms. The number of anilines is 1. The Bertz CT molecular complexity index is 439. The summed E-state index contributed by atoms with van der Waals surface area (Å²) in [6.07, 6.45) is 4.86. The molecular weight excluding hydrogens is 232 g/mol. The Morgan fingerprint density at radius 2 is 2.33 bits per heavy atom. The Hall–Kier alpha value is -2.11. The van der Waals surface area contributed by atoms with Gasteiger partial charge in [0.1, 0.15) is 0 Å². The summed E-state index contributed by atoms with van der Waals surface area (Å²) in [6.45, 7) is 6.11. The molecule has 1 N–H and O–H groups in total. The first-order valence-electron chi connectivity index (χ1n) is 5.77. The molecule has 98 valence electrons. The van der Waals surface area contributed by atoms with Gasteiger partial charge in [-0.3, -0.25) is 14.3 Å². The summed E-state index contributed by atoms with van der Waals surface area (Å²) in [6, 6.07) is 0. The van der Waals surface area contributed by atoms with Crippen molar-refractivity contribution in [2.45, 2.75) is 13.3 Å². The maximum absolute atomic E-state index is 12.0. The molecule has 0 radical (unpaired) electrons. The summed E-state index contributed by atoms with van der Waals surface area (Å²) in [5.74, 6) is -0.318. The van der Waals surface area contributed by atoms with Gasteiger partial charge in [0.25, 0.3) is 0 Å². The number of hydrogen-bond acceptors (Lipinski definition) is 3. The van der Waals surface area contributed by atoms with Gasteiger partial charge in [-0.2, -0.15) is 5.10 Å². The molecule has 6 nitrogen and oxygen atoms in total. The van der Waals surface area contributed by atoms with Crippen molar-refractivity contribution in [3.8, 4) is 0 Å². The third-order valence-corrected chi connectivity index (χ3v) is 2.44. The zero-order valence-electron chi connectivity index (χ0n) is 10.7. The molecule has 0 atom stereocenters. The molecule has 1 rings (SSSR count). The van der Waals surface area contributed by atoms with Crippen LogP contribution in [0.5, 0.6) is 0 Å². The van der Waals surface area contributed by atoms with Gasteiger partial charge in [0.05, 0.1) is 11.9 Å². The van der Waals surface area contributed by atoms with Crippen molar-refractivity contribution in [2.24, 2.45) is 7.05 Å². The van der Waals surface area contributed by atoms with E-state index in [4.69, 9.17) is 0 Å². The van der Waals surface area contributed by atoms with E-state index in [2.05, 4.69) is 17.0 Å². The number of carbonyl (C=O) groups is 2. The number of aryl methyl sites for hydroxylation is 1. The number of aromatic nitrogens is 2. The van der Waals surface area contributed by atoms with Gasteiger partial charge in [-0.15, -0.1) is 0 Å². The predicted octanol–water partition coefficient (Wildman–Crippen LogP) is 0.465. The molecule has 0 saturated carbocycles. The fourth-order valence-electron chi connectivity index (χ4n) is 1.55. The average molecular weight is 250 g/mol. The maximum atomic E-state index is 12.0. The molecule has 2 amide bonds. The van der Waals surface area contributed by atoms with Crippen LogP contribution in [0.2, 0.25) is 0 Å². The Balaban J connectivity index is 2.53. The van der Waals surface area contributed by atoms with E-state index in [0.717, 1.165) is 5.69 Å². The van der Waals surface area contributed by atoms with Gasteiger partial charge in [-0.05, 0) is 13.0 Å². The highest BCUT2D eigenvalue weighted by molar-refractivity contribution is 5.93. The fourth-order valence-corrected chi connectivity index (χ4v) is 1.55. The van der Waals surface area contributed by atoms with E-state index in [9.17, 15) is 9.59 Å². The number of nitrogens with one attached hydrogen (secondary N) is 1. The summed E-state index contributed by atoms with van der Waals surface area (Å²) in [4.78, 5) is 24.5. The van der Waals surface area contributed by atoms with Crippen LogP contribution in [0.3, 0.4) is 0 Å². The minimum atomic E-state index is -0.271. The van der Waals surface area contributed by atoms with Crippen LogP contribution < -0.4 is 10.2 Å². The van der Waals surface area contributed by atoms with E-state index in [1.807, 2.05) is 6.92 Å². The molecule has 0 aromatic carbocycles. The van der Waals surface area contributed by atoms with Crippen molar-refractivity contribution in [1.82, 2.24) is 15.1 Å². The molecule has 0 unspecified atom stereocenters. The predicted molar refractivity (Wildman–Crippen MR) is 69.1 cm³/mol. The summed E-state index contributed by atoms with van der Waals surface area (Å²) in [7, 11) is 1.80. The monoisotopic (exact) mass is 250 g/mol. The van der Waals surface area contributed by atoms with Crippen LogP contribution in [0.25, 0.3) is 0 Å². The second-order valence-electron chi connectivity index (χ2n) is 3.76. The lowest BCUT2D eigenvalue weighted by Crippen LogP contribution is -2.33. The number of rotatable bonds is 6. The summed E-state index contributed by atoms with van der Waals surface area (Å²) in [5.41, 5.74) is 0.764. The van der Waals surface area contributed by atoms with Crippen LogP contribution in [0.1, 0.15) is 13.3 Å².